The van der Waals surface area contributed by atoms with Crippen LogP contribution in [0, 0.1) is 5.82 Å². The standard InChI is InChI=1S/C20H25BrClFN2O2/c1-25(2)8-4-7-24-12-14-9-17(21)20(19(10-14)26-3)27-13-15-5-6-16(23)11-18(15)22/h5-6,9-11,24H,4,7-8,12-13H2,1-3H3. The van der Waals surface area contributed by atoms with Crippen molar-refractivity contribution in [2.75, 3.05) is 34.3 Å². The van der Waals surface area contributed by atoms with Gasteiger partial charge in [-0.15, -0.1) is 0 Å². The van der Waals surface area contributed by atoms with Gasteiger partial charge in [0, 0.05) is 12.1 Å². The molecule has 1 N–H and O–H groups in total. The first-order valence-corrected chi connectivity index (χ1v) is 9.86. The van der Waals surface area contributed by atoms with Gasteiger partial charge in [0.15, 0.2) is 11.5 Å². The summed E-state index contributed by atoms with van der Waals surface area (Å²) in [7, 11) is 5.74. The van der Waals surface area contributed by atoms with Crippen molar-refractivity contribution in [3.8, 4) is 11.5 Å². The maximum Gasteiger partial charge on any atom is 0.175 e. The molecule has 0 fully saturated rings. The van der Waals surface area contributed by atoms with E-state index in [0.717, 1.165) is 36.1 Å². The fraction of sp³-hybridized carbons (Fsp3) is 0.400. The van der Waals surface area contributed by atoms with E-state index in [0.29, 0.717) is 22.1 Å². The summed E-state index contributed by atoms with van der Waals surface area (Å²) in [6.07, 6.45) is 1.09. The largest absolute Gasteiger partial charge is 0.493 e. The number of ether oxygens (including phenoxy) is 2. The minimum atomic E-state index is -0.370. The van der Waals surface area contributed by atoms with E-state index >= 15 is 0 Å². The molecule has 2 aromatic carbocycles. The summed E-state index contributed by atoms with van der Waals surface area (Å²) in [6.45, 7) is 2.96. The highest BCUT2D eigenvalue weighted by molar-refractivity contribution is 9.10. The van der Waals surface area contributed by atoms with E-state index < -0.39 is 0 Å². The van der Waals surface area contributed by atoms with Crippen molar-refractivity contribution < 1.29 is 13.9 Å². The second kappa shape index (κ2) is 10.9. The Morgan fingerprint density at radius 2 is 2.00 bits per heavy atom. The van der Waals surface area contributed by atoms with E-state index in [1.807, 2.05) is 12.1 Å². The zero-order valence-corrected chi connectivity index (χ0v) is 18.2. The molecule has 0 aliphatic heterocycles. The van der Waals surface area contributed by atoms with E-state index in [1.54, 1.807) is 13.2 Å². The lowest BCUT2D eigenvalue weighted by atomic mass is 10.2. The Morgan fingerprint density at radius 1 is 1.22 bits per heavy atom. The molecule has 7 heteroatoms. The SMILES string of the molecule is COc1cc(CNCCCN(C)C)cc(Br)c1OCc1ccc(F)cc1Cl. The van der Waals surface area contributed by atoms with Gasteiger partial charge in [0.1, 0.15) is 12.4 Å². The van der Waals surface area contributed by atoms with Crippen LogP contribution in [0.25, 0.3) is 0 Å². The molecule has 0 aliphatic rings. The maximum atomic E-state index is 13.2. The van der Waals surface area contributed by atoms with Crippen LogP contribution in [0.3, 0.4) is 0 Å². The number of nitrogens with zero attached hydrogens (tertiary/aromatic N) is 1. The molecule has 0 aliphatic carbocycles. The van der Waals surface area contributed by atoms with Gasteiger partial charge in [-0.2, -0.15) is 0 Å². The third kappa shape index (κ3) is 6.96. The number of halogens is 3. The van der Waals surface area contributed by atoms with Gasteiger partial charge >= 0.3 is 0 Å². The maximum absolute atomic E-state index is 13.2. The van der Waals surface area contributed by atoms with Gasteiger partial charge in [-0.25, -0.2) is 4.39 Å². The van der Waals surface area contributed by atoms with E-state index in [4.69, 9.17) is 21.1 Å². The van der Waals surface area contributed by atoms with Crippen molar-refractivity contribution in [3.63, 3.8) is 0 Å². The van der Waals surface area contributed by atoms with E-state index in [2.05, 4.69) is 40.2 Å². The fourth-order valence-corrected chi connectivity index (χ4v) is 3.38. The molecule has 0 atom stereocenters. The molecule has 2 rings (SSSR count). The Bertz CT molecular complexity index is 759. The smallest absolute Gasteiger partial charge is 0.175 e. The summed E-state index contributed by atoms with van der Waals surface area (Å²) < 4.78 is 25.3. The molecular formula is C20H25BrClFN2O2. The zero-order valence-electron chi connectivity index (χ0n) is 15.8. The summed E-state index contributed by atoms with van der Waals surface area (Å²) in [5.41, 5.74) is 1.80. The van der Waals surface area contributed by atoms with Crippen molar-refractivity contribution in [2.45, 2.75) is 19.6 Å². The van der Waals surface area contributed by atoms with Crippen molar-refractivity contribution in [1.82, 2.24) is 10.2 Å². The third-order valence-corrected chi connectivity index (χ3v) is 4.91. The quantitative estimate of drug-likeness (QED) is 0.514. The van der Waals surface area contributed by atoms with Crippen molar-refractivity contribution in [3.05, 3.63) is 56.8 Å². The van der Waals surface area contributed by atoms with Crippen molar-refractivity contribution in [1.29, 1.82) is 0 Å². The first-order chi connectivity index (χ1) is 12.9. The van der Waals surface area contributed by atoms with Gasteiger partial charge < -0.3 is 19.7 Å². The summed E-state index contributed by atoms with van der Waals surface area (Å²) in [4.78, 5) is 2.17. The van der Waals surface area contributed by atoms with Gasteiger partial charge in [-0.05, 0) is 79.4 Å². The van der Waals surface area contributed by atoms with E-state index in [1.165, 1.54) is 12.1 Å². The van der Waals surface area contributed by atoms with Crippen LogP contribution in [0.2, 0.25) is 5.02 Å². The predicted molar refractivity (Wildman–Crippen MR) is 111 cm³/mol. The number of hydrogen-bond donors (Lipinski definition) is 1. The van der Waals surface area contributed by atoms with Gasteiger partial charge in [0.25, 0.3) is 0 Å². The second-order valence-electron chi connectivity index (χ2n) is 6.47. The minimum absolute atomic E-state index is 0.218. The average molecular weight is 460 g/mol. The molecule has 0 amide bonds. The second-order valence-corrected chi connectivity index (χ2v) is 7.73. The lowest BCUT2D eigenvalue weighted by Gasteiger charge is -2.15. The van der Waals surface area contributed by atoms with Crippen molar-refractivity contribution in [2.24, 2.45) is 0 Å². The van der Waals surface area contributed by atoms with Crippen LogP contribution in [-0.4, -0.2) is 39.2 Å². The molecule has 0 unspecified atom stereocenters. The average Bonchev–Trinajstić information content (AvgIpc) is 2.61. The molecule has 0 aromatic heterocycles. The van der Waals surface area contributed by atoms with Crippen LogP contribution in [0.1, 0.15) is 17.5 Å². The van der Waals surface area contributed by atoms with Crippen LogP contribution in [0.15, 0.2) is 34.8 Å². The number of rotatable bonds is 10. The molecule has 0 radical (unpaired) electrons. The Kier molecular flexibility index (Phi) is 8.83. The molecule has 0 saturated heterocycles. The molecule has 0 spiro atoms. The lowest BCUT2D eigenvalue weighted by Crippen LogP contribution is -2.21. The normalized spacial score (nSPS) is 11.1. The molecule has 0 saturated carbocycles. The van der Waals surface area contributed by atoms with E-state index in [9.17, 15) is 4.39 Å². The minimum Gasteiger partial charge on any atom is -0.493 e. The van der Waals surface area contributed by atoms with E-state index in [-0.39, 0.29) is 12.4 Å². The van der Waals surface area contributed by atoms with Gasteiger partial charge in [-0.3, -0.25) is 0 Å². The molecular weight excluding hydrogens is 435 g/mol. The molecule has 27 heavy (non-hydrogen) atoms. The van der Waals surface area contributed by atoms with Gasteiger partial charge in [0.2, 0.25) is 0 Å². The molecule has 2 aromatic rings. The van der Waals surface area contributed by atoms with Crippen LogP contribution in [-0.2, 0) is 13.2 Å². The van der Waals surface area contributed by atoms with Gasteiger partial charge in [0.05, 0.1) is 16.6 Å². The highest BCUT2D eigenvalue weighted by atomic mass is 79.9. The zero-order chi connectivity index (χ0) is 19.8. The molecule has 0 heterocycles. The Hall–Kier alpha value is -1.34. The third-order valence-electron chi connectivity index (χ3n) is 3.96. The first-order valence-electron chi connectivity index (χ1n) is 8.69. The lowest BCUT2D eigenvalue weighted by molar-refractivity contribution is 0.282. The van der Waals surface area contributed by atoms with Crippen molar-refractivity contribution >= 4 is 27.5 Å². The molecule has 0 bridgehead atoms. The van der Waals surface area contributed by atoms with Gasteiger partial charge in [-0.1, -0.05) is 17.7 Å². The number of hydrogen-bond acceptors (Lipinski definition) is 4. The van der Waals surface area contributed by atoms with Crippen LogP contribution in [0.4, 0.5) is 4.39 Å². The topological polar surface area (TPSA) is 33.7 Å². The Labute approximate surface area is 173 Å². The van der Waals surface area contributed by atoms with Crippen LogP contribution >= 0.6 is 27.5 Å². The number of benzene rings is 2. The first kappa shape index (κ1) is 22.0. The predicted octanol–water partition coefficient (Wildman–Crippen LogP) is 4.87. The number of nitrogens with one attached hydrogen (secondary N) is 1. The molecule has 148 valence electrons. The van der Waals surface area contributed by atoms with Crippen LogP contribution in [0.5, 0.6) is 11.5 Å². The molecule has 4 nitrogen and oxygen atoms in total. The summed E-state index contributed by atoms with van der Waals surface area (Å²) in [5.74, 6) is 0.854. The number of methoxy groups -OCH3 is 1. The highest BCUT2D eigenvalue weighted by Gasteiger charge is 2.13. The summed E-state index contributed by atoms with van der Waals surface area (Å²) in [6, 6.07) is 8.21. The van der Waals surface area contributed by atoms with Crippen LogP contribution < -0.4 is 14.8 Å². The Morgan fingerprint density at radius 3 is 2.67 bits per heavy atom. The Balaban J connectivity index is 2.00. The summed E-state index contributed by atoms with van der Waals surface area (Å²) in [5, 5.41) is 3.77. The monoisotopic (exact) mass is 458 g/mol. The highest BCUT2D eigenvalue weighted by Crippen LogP contribution is 2.37. The fourth-order valence-electron chi connectivity index (χ4n) is 2.56. The summed E-state index contributed by atoms with van der Waals surface area (Å²) >= 11 is 9.61.